The van der Waals surface area contributed by atoms with E-state index in [2.05, 4.69) is 15.4 Å². The molecule has 0 aromatic heterocycles. The molecule has 0 aliphatic rings. The average Bonchev–Trinajstić information content (AvgIpc) is 2.67. The summed E-state index contributed by atoms with van der Waals surface area (Å²) in [5.41, 5.74) is 0.936. The molecule has 2 N–H and O–H groups in total. The summed E-state index contributed by atoms with van der Waals surface area (Å²) in [7, 11) is 1.30. The molecule has 1 aromatic rings. The Morgan fingerprint density at radius 3 is 2.46 bits per heavy atom. The highest BCUT2D eigenvalue weighted by molar-refractivity contribution is 5.84. The van der Waals surface area contributed by atoms with Gasteiger partial charge >= 0.3 is 12.1 Å². The van der Waals surface area contributed by atoms with Gasteiger partial charge in [0.25, 0.3) is 0 Å². The maximum Gasteiger partial charge on any atom is 0.407 e. The van der Waals surface area contributed by atoms with E-state index >= 15 is 0 Å². The smallest absolute Gasteiger partial charge is 0.407 e. The van der Waals surface area contributed by atoms with Gasteiger partial charge in [0.15, 0.2) is 0 Å². The molecule has 0 spiro atoms. The first-order valence-corrected chi connectivity index (χ1v) is 8.88. The Morgan fingerprint density at radius 1 is 1.08 bits per heavy atom. The molecule has 0 saturated carbocycles. The predicted molar refractivity (Wildman–Crippen MR) is 97.3 cm³/mol. The van der Waals surface area contributed by atoms with Crippen LogP contribution in [0.15, 0.2) is 30.3 Å². The van der Waals surface area contributed by atoms with Crippen molar-refractivity contribution in [1.29, 1.82) is 0 Å². The summed E-state index contributed by atoms with van der Waals surface area (Å²) >= 11 is 0. The molecule has 2 amide bonds. The molecule has 0 saturated heterocycles. The molecule has 7 nitrogen and oxygen atoms in total. The lowest BCUT2D eigenvalue weighted by Gasteiger charge is -2.14. The molecule has 144 valence electrons. The van der Waals surface area contributed by atoms with Crippen LogP contribution in [0.4, 0.5) is 4.79 Å². The Kier molecular flexibility index (Phi) is 10.5. The Bertz CT molecular complexity index is 562. The number of carbonyl (C=O) groups excluding carboxylic acids is 3. The van der Waals surface area contributed by atoms with Crippen molar-refractivity contribution in [1.82, 2.24) is 10.6 Å². The van der Waals surface area contributed by atoms with Crippen molar-refractivity contribution in [3.05, 3.63) is 35.9 Å². The van der Waals surface area contributed by atoms with Crippen LogP contribution in [0, 0.1) is 0 Å². The van der Waals surface area contributed by atoms with Crippen molar-refractivity contribution in [3.8, 4) is 0 Å². The number of amides is 2. The van der Waals surface area contributed by atoms with Gasteiger partial charge in [-0.3, -0.25) is 4.79 Å². The van der Waals surface area contributed by atoms with Crippen LogP contribution in [0.2, 0.25) is 0 Å². The summed E-state index contributed by atoms with van der Waals surface area (Å²) in [5, 5.41) is 5.34. The minimum Gasteiger partial charge on any atom is -0.467 e. The number of nitrogens with one attached hydrogen (secondary N) is 2. The molecule has 1 atom stereocenters. The van der Waals surface area contributed by atoms with E-state index in [1.807, 2.05) is 37.3 Å². The van der Waals surface area contributed by atoms with E-state index in [1.165, 1.54) is 7.11 Å². The van der Waals surface area contributed by atoms with Gasteiger partial charge < -0.3 is 20.1 Å². The topological polar surface area (TPSA) is 93.7 Å². The van der Waals surface area contributed by atoms with E-state index in [1.54, 1.807) is 0 Å². The second-order valence-corrected chi connectivity index (χ2v) is 5.85. The van der Waals surface area contributed by atoms with Gasteiger partial charge in [0, 0.05) is 13.0 Å². The number of hydrogen-bond acceptors (Lipinski definition) is 5. The molecule has 26 heavy (non-hydrogen) atoms. The lowest BCUT2D eigenvalue weighted by Crippen LogP contribution is -2.40. The normalized spacial score (nSPS) is 11.3. The van der Waals surface area contributed by atoms with E-state index in [-0.39, 0.29) is 12.5 Å². The first kappa shape index (κ1) is 21.5. The fraction of sp³-hybridized carbons (Fsp3) is 0.526. The highest BCUT2D eigenvalue weighted by Crippen LogP contribution is 2.03. The third-order valence-electron chi connectivity index (χ3n) is 3.79. The van der Waals surface area contributed by atoms with Gasteiger partial charge in [0.1, 0.15) is 12.6 Å². The van der Waals surface area contributed by atoms with E-state index in [4.69, 9.17) is 4.74 Å². The maximum absolute atomic E-state index is 11.8. The van der Waals surface area contributed by atoms with Crippen molar-refractivity contribution in [2.45, 2.75) is 51.7 Å². The molecule has 0 heterocycles. The first-order valence-electron chi connectivity index (χ1n) is 8.88. The van der Waals surface area contributed by atoms with Crippen molar-refractivity contribution < 1.29 is 23.9 Å². The van der Waals surface area contributed by atoms with Crippen LogP contribution in [-0.2, 0) is 25.7 Å². The summed E-state index contributed by atoms with van der Waals surface area (Å²) < 4.78 is 9.73. The third kappa shape index (κ3) is 9.05. The molecule has 7 heteroatoms. The number of esters is 1. The second-order valence-electron chi connectivity index (χ2n) is 5.85. The summed E-state index contributed by atoms with van der Waals surface area (Å²) in [4.78, 5) is 34.8. The predicted octanol–water partition coefficient (Wildman–Crippen LogP) is 2.54. The van der Waals surface area contributed by atoms with Crippen LogP contribution in [0.3, 0.4) is 0 Å². The largest absolute Gasteiger partial charge is 0.467 e. The van der Waals surface area contributed by atoms with Crippen LogP contribution < -0.4 is 10.6 Å². The minimum atomic E-state index is -0.589. The maximum atomic E-state index is 11.8. The molecule has 0 bridgehead atoms. The SMILES string of the molecule is CC[C@@H](NC(=O)CCCCCNC(=O)OCc1ccccc1)C(=O)OC. The number of carbonyl (C=O) groups is 3. The highest BCUT2D eigenvalue weighted by Gasteiger charge is 2.18. The standard InChI is InChI=1S/C19H28N2O5/c1-3-16(18(23)25-2)21-17(22)12-8-5-9-13-20-19(24)26-14-15-10-6-4-7-11-15/h4,6-7,10-11,16H,3,5,8-9,12-14H2,1-2H3,(H,20,24)(H,21,22)/t16-/m1/s1. The molecular formula is C19H28N2O5. The van der Waals surface area contributed by atoms with E-state index in [0.717, 1.165) is 18.4 Å². The molecule has 1 aromatic carbocycles. The van der Waals surface area contributed by atoms with Gasteiger partial charge in [0.05, 0.1) is 7.11 Å². The number of benzene rings is 1. The summed E-state index contributed by atoms with van der Waals surface area (Å²) in [6, 6.07) is 8.88. The number of hydrogen-bond donors (Lipinski definition) is 2. The van der Waals surface area contributed by atoms with Crippen LogP contribution in [0.5, 0.6) is 0 Å². The highest BCUT2D eigenvalue weighted by atomic mass is 16.5. The van der Waals surface area contributed by atoms with Gasteiger partial charge in [-0.1, -0.05) is 43.7 Å². The quantitative estimate of drug-likeness (QED) is 0.465. The van der Waals surface area contributed by atoms with Crippen molar-refractivity contribution in [2.24, 2.45) is 0 Å². The van der Waals surface area contributed by atoms with E-state index in [0.29, 0.717) is 25.8 Å². The number of unbranched alkanes of at least 4 members (excludes halogenated alkanes) is 2. The third-order valence-corrected chi connectivity index (χ3v) is 3.79. The zero-order valence-electron chi connectivity index (χ0n) is 15.5. The van der Waals surface area contributed by atoms with Gasteiger partial charge in [0.2, 0.25) is 5.91 Å². The molecule has 0 radical (unpaired) electrons. The molecular weight excluding hydrogens is 336 g/mol. The van der Waals surface area contributed by atoms with E-state index < -0.39 is 18.1 Å². The Labute approximate surface area is 154 Å². The lowest BCUT2D eigenvalue weighted by molar-refractivity contribution is -0.145. The number of methoxy groups -OCH3 is 1. The fourth-order valence-corrected chi connectivity index (χ4v) is 2.29. The fourth-order valence-electron chi connectivity index (χ4n) is 2.29. The van der Waals surface area contributed by atoms with Gasteiger partial charge in [-0.15, -0.1) is 0 Å². The van der Waals surface area contributed by atoms with Crippen molar-refractivity contribution >= 4 is 18.0 Å². The van der Waals surface area contributed by atoms with Crippen LogP contribution >= 0.6 is 0 Å². The Hall–Kier alpha value is -2.57. The van der Waals surface area contributed by atoms with Crippen molar-refractivity contribution in [3.63, 3.8) is 0 Å². The first-order chi connectivity index (χ1) is 12.6. The minimum absolute atomic E-state index is 0.169. The van der Waals surface area contributed by atoms with Crippen molar-refractivity contribution in [2.75, 3.05) is 13.7 Å². The van der Waals surface area contributed by atoms with Gasteiger partial charge in [-0.05, 0) is 24.8 Å². The van der Waals surface area contributed by atoms with Gasteiger partial charge in [-0.2, -0.15) is 0 Å². The Balaban J connectivity index is 2.05. The van der Waals surface area contributed by atoms with Crippen LogP contribution in [0.25, 0.3) is 0 Å². The second kappa shape index (κ2) is 12.7. The zero-order valence-corrected chi connectivity index (χ0v) is 15.5. The molecule has 0 fully saturated rings. The zero-order chi connectivity index (χ0) is 19.2. The number of rotatable bonds is 11. The average molecular weight is 364 g/mol. The summed E-state index contributed by atoms with van der Waals surface area (Å²) in [5.74, 6) is -0.600. The van der Waals surface area contributed by atoms with Gasteiger partial charge in [-0.25, -0.2) is 9.59 Å². The summed E-state index contributed by atoms with van der Waals surface area (Å²) in [6.45, 7) is 2.55. The van der Waals surface area contributed by atoms with Crippen LogP contribution in [-0.4, -0.2) is 37.7 Å². The molecule has 0 aliphatic carbocycles. The molecule has 1 rings (SSSR count). The molecule has 0 unspecified atom stereocenters. The number of ether oxygens (including phenoxy) is 2. The lowest BCUT2D eigenvalue weighted by atomic mass is 10.1. The Morgan fingerprint density at radius 2 is 1.81 bits per heavy atom. The summed E-state index contributed by atoms with van der Waals surface area (Å²) in [6.07, 6.45) is 2.61. The number of alkyl carbamates (subject to hydrolysis) is 1. The molecule has 0 aliphatic heterocycles. The van der Waals surface area contributed by atoms with Crippen LogP contribution in [0.1, 0.15) is 44.6 Å². The van der Waals surface area contributed by atoms with E-state index in [9.17, 15) is 14.4 Å². The monoisotopic (exact) mass is 364 g/mol.